The SMILES string of the molecule is Cc1cc(C)c(NC(=O)CN[C@@H](C)c2ccccc2)c(C)c1. The van der Waals surface area contributed by atoms with Gasteiger partial charge in [0.25, 0.3) is 0 Å². The number of hydrogen-bond acceptors (Lipinski definition) is 2. The highest BCUT2D eigenvalue weighted by Crippen LogP contribution is 2.21. The molecular weight excluding hydrogens is 272 g/mol. The Labute approximate surface area is 132 Å². The molecule has 3 nitrogen and oxygen atoms in total. The molecule has 2 aromatic carbocycles. The van der Waals surface area contributed by atoms with Crippen molar-refractivity contribution in [1.29, 1.82) is 0 Å². The first-order valence-electron chi connectivity index (χ1n) is 7.63. The quantitative estimate of drug-likeness (QED) is 0.878. The fourth-order valence-electron chi connectivity index (χ4n) is 2.67. The molecule has 0 saturated heterocycles. The maximum absolute atomic E-state index is 12.2. The third-order valence-corrected chi connectivity index (χ3v) is 3.81. The van der Waals surface area contributed by atoms with Gasteiger partial charge in [-0.05, 0) is 44.4 Å². The first-order chi connectivity index (χ1) is 10.5. The molecule has 3 heteroatoms. The van der Waals surface area contributed by atoms with Crippen LogP contribution in [0.1, 0.15) is 35.2 Å². The number of hydrogen-bond donors (Lipinski definition) is 2. The van der Waals surface area contributed by atoms with E-state index < -0.39 is 0 Å². The molecular formula is C19H24N2O. The van der Waals surface area contributed by atoms with Crippen LogP contribution in [0.4, 0.5) is 5.69 Å². The summed E-state index contributed by atoms with van der Waals surface area (Å²) < 4.78 is 0. The minimum absolute atomic E-state index is 0.0159. The van der Waals surface area contributed by atoms with Gasteiger partial charge in [-0.1, -0.05) is 48.0 Å². The van der Waals surface area contributed by atoms with Crippen LogP contribution in [0.5, 0.6) is 0 Å². The average molecular weight is 296 g/mol. The van der Waals surface area contributed by atoms with Crippen LogP contribution in [0.3, 0.4) is 0 Å². The van der Waals surface area contributed by atoms with Crippen molar-refractivity contribution in [2.45, 2.75) is 33.7 Å². The summed E-state index contributed by atoms with van der Waals surface area (Å²) in [5.41, 5.74) is 5.51. The highest BCUT2D eigenvalue weighted by Gasteiger charge is 2.10. The summed E-state index contributed by atoms with van der Waals surface area (Å²) in [6.07, 6.45) is 0. The van der Waals surface area contributed by atoms with Crippen molar-refractivity contribution >= 4 is 11.6 Å². The zero-order valence-electron chi connectivity index (χ0n) is 13.7. The van der Waals surface area contributed by atoms with Crippen LogP contribution in [0.15, 0.2) is 42.5 Å². The lowest BCUT2D eigenvalue weighted by Crippen LogP contribution is -2.30. The molecule has 0 aliphatic heterocycles. The lowest BCUT2D eigenvalue weighted by atomic mass is 10.1. The number of carbonyl (C=O) groups is 1. The van der Waals surface area contributed by atoms with Crippen molar-refractivity contribution in [2.24, 2.45) is 0 Å². The fraction of sp³-hybridized carbons (Fsp3) is 0.316. The van der Waals surface area contributed by atoms with E-state index in [4.69, 9.17) is 0 Å². The molecule has 22 heavy (non-hydrogen) atoms. The maximum atomic E-state index is 12.2. The number of anilines is 1. The monoisotopic (exact) mass is 296 g/mol. The lowest BCUT2D eigenvalue weighted by molar-refractivity contribution is -0.115. The van der Waals surface area contributed by atoms with Gasteiger partial charge in [0.05, 0.1) is 6.54 Å². The third kappa shape index (κ3) is 4.18. The van der Waals surface area contributed by atoms with Crippen LogP contribution in [0.25, 0.3) is 0 Å². The van der Waals surface area contributed by atoms with E-state index in [0.717, 1.165) is 16.8 Å². The lowest BCUT2D eigenvalue weighted by Gasteiger charge is -2.16. The molecule has 0 unspecified atom stereocenters. The molecule has 0 aliphatic rings. The summed E-state index contributed by atoms with van der Waals surface area (Å²) in [5.74, 6) is -0.0159. The molecule has 0 aromatic heterocycles. The normalized spacial score (nSPS) is 12.0. The molecule has 0 radical (unpaired) electrons. The van der Waals surface area contributed by atoms with Crippen LogP contribution in [0, 0.1) is 20.8 Å². The van der Waals surface area contributed by atoms with Gasteiger partial charge in [-0.3, -0.25) is 4.79 Å². The first-order valence-corrected chi connectivity index (χ1v) is 7.63. The van der Waals surface area contributed by atoms with Gasteiger partial charge >= 0.3 is 0 Å². The molecule has 0 aliphatic carbocycles. The molecule has 0 heterocycles. The molecule has 1 amide bonds. The van der Waals surface area contributed by atoms with Crippen molar-refractivity contribution in [3.8, 4) is 0 Å². The largest absolute Gasteiger partial charge is 0.324 e. The maximum Gasteiger partial charge on any atom is 0.238 e. The number of rotatable bonds is 5. The number of carbonyl (C=O) groups excluding carboxylic acids is 1. The summed E-state index contributed by atoms with van der Waals surface area (Å²) in [5, 5.41) is 6.27. The zero-order valence-corrected chi connectivity index (χ0v) is 13.7. The molecule has 2 N–H and O–H groups in total. The first kappa shape index (κ1) is 16.2. The van der Waals surface area contributed by atoms with E-state index in [-0.39, 0.29) is 11.9 Å². The van der Waals surface area contributed by atoms with Crippen LogP contribution in [-0.2, 0) is 4.79 Å². The van der Waals surface area contributed by atoms with E-state index in [1.807, 2.05) is 32.0 Å². The van der Waals surface area contributed by atoms with Crippen LogP contribution < -0.4 is 10.6 Å². The minimum atomic E-state index is -0.0159. The van der Waals surface area contributed by atoms with Crippen molar-refractivity contribution in [2.75, 3.05) is 11.9 Å². The van der Waals surface area contributed by atoms with Gasteiger partial charge in [-0.15, -0.1) is 0 Å². The van der Waals surface area contributed by atoms with Gasteiger partial charge < -0.3 is 10.6 Å². The number of amides is 1. The molecule has 0 fully saturated rings. The Kier molecular flexibility index (Phi) is 5.34. The van der Waals surface area contributed by atoms with Crippen LogP contribution in [-0.4, -0.2) is 12.5 Å². The average Bonchev–Trinajstić information content (AvgIpc) is 2.49. The summed E-state index contributed by atoms with van der Waals surface area (Å²) in [7, 11) is 0. The van der Waals surface area contributed by atoms with Gasteiger partial charge in [0.1, 0.15) is 0 Å². The second kappa shape index (κ2) is 7.23. The predicted molar refractivity (Wildman–Crippen MR) is 92.1 cm³/mol. The Morgan fingerprint density at radius 1 is 1.05 bits per heavy atom. The van der Waals surface area contributed by atoms with E-state index in [2.05, 4.69) is 48.7 Å². The molecule has 0 bridgehead atoms. The van der Waals surface area contributed by atoms with Crippen molar-refractivity contribution < 1.29 is 4.79 Å². The van der Waals surface area contributed by atoms with Crippen molar-refractivity contribution in [1.82, 2.24) is 5.32 Å². The van der Waals surface area contributed by atoms with E-state index >= 15 is 0 Å². The number of nitrogens with one attached hydrogen (secondary N) is 2. The van der Waals surface area contributed by atoms with Gasteiger partial charge in [0.2, 0.25) is 5.91 Å². The molecule has 116 valence electrons. The molecule has 2 aromatic rings. The Balaban J connectivity index is 1.94. The molecule has 0 saturated carbocycles. The van der Waals surface area contributed by atoms with Gasteiger partial charge in [0.15, 0.2) is 0 Å². The van der Waals surface area contributed by atoms with Crippen LogP contribution >= 0.6 is 0 Å². The molecule has 2 rings (SSSR count). The Hall–Kier alpha value is -2.13. The fourth-order valence-corrected chi connectivity index (χ4v) is 2.67. The minimum Gasteiger partial charge on any atom is -0.324 e. The Morgan fingerprint density at radius 2 is 1.64 bits per heavy atom. The highest BCUT2D eigenvalue weighted by atomic mass is 16.1. The molecule has 0 spiro atoms. The van der Waals surface area contributed by atoms with Gasteiger partial charge in [0, 0.05) is 11.7 Å². The topological polar surface area (TPSA) is 41.1 Å². The summed E-state index contributed by atoms with van der Waals surface area (Å²) in [6.45, 7) is 8.47. The van der Waals surface area contributed by atoms with Crippen molar-refractivity contribution in [3.63, 3.8) is 0 Å². The van der Waals surface area contributed by atoms with Crippen molar-refractivity contribution in [3.05, 3.63) is 64.7 Å². The Bertz CT molecular complexity index is 627. The number of aryl methyl sites for hydroxylation is 3. The summed E-state index contributed by atoms with van der Waals surface area (Å²) in [6, 6.07) is 14.4. The van der Waals surface area contributed by atoms with E-state index in [1.165, 1.54) is 11.1 Å². The second-order valence-corrected chi connectivity index (χ2v) is 5.84. The smallest absolute Gasteiger partial charge is 0.238 e. The predicted octanol–water partition coefficient (Wildman–Crippen LogP) is 3.90. The Morgan fingerprint density at radius 3 is 2.23 bits per heavy atom. The summed E-state index contributed by atoms with van der Waals surface area (Å²) >= 11 is 0. The highest BCUT2D eigenvalue weighted by molar-refractivity contribution is 5.93. The standard InChI is InChI=1S/C19H24N2O/c1-13-10-14(2)19(15(3)11-13)21-18(22)12-20-16(4)17-8-6-5-7-9-17/h5-11,16,20H,12H2,1-4H3,(H,21,22)/t16-/m0/s1. The molecule has 1 atom stereocenters. The number of benzene rings is 2. The summed E-state index contributed by atoms with van der Waals surface area (Å²) in [4.78, 5) is 12.2. The van der Waals surface area contributed by atoms with E-state index in [0.29, 0.717) is 6.54 Å². The second-order valence-electron chi connectivity index (χ2n) is 5.84. The van der Waals surface area contributed by atoms with E-state index in [1.54, 1.807) is 0 Å². The van der Waals surface area contributed by atoms with E-state index in [9.17, 15) is 4.79 Å². The van der Waals surface area contributed by atoms with Crippen LogP contribution in [0.2, 0.25) is 0 Å². The van der Waals surface area contributed by atoms with Gasteiger partial charge in [-0.25, -0.2) is 0 Å². The van der Waals surface area contributed by atoms with Gasteiger partial charge in [-0.2, -0.15) is 0 Å². The third-order valence-electron chi connectivity index (χ3n) is 3.81. The zero-order chi connectivity index (χ0) is 16.1.